The number of amides is 1. The standard InChI is InChI=1S/C18H34N4O/c1-12(2)10-22-15(6)16(14(5)21-22)8-9-17(23)20-18(7,11-19)13(3)4/h12-13H,8-11,19H2,1-7H3,(H,20,23). The van der Waals surface area contributed by atoms with Crippen LogP contribution in [-0.2, 0) is 17.8 Å². The maximum absolute atomic E-state index is 12.3. The molecule has 0 aromatic carbocycles. The van der Waals surface area contributed by atoms with E-state index in [1.807, 2.05) is 13.8 Å². The van der Waals surface area contributed by atoms with Gasteiger partial charge in [0.15, 0.2) is 0 Å². The topological polar surface area (TPSA) is 72.9 Å². The molecule has 1 amide bonds. The van der Waals surface area contributed by atoms with E-state index >= 15 is 0 Å². The Morgan fingerprint density at radius 3 is 2.39 bits per heavy atom. The van der Waals surface area contributed by atoms with Gasteiger partial charge in [-0.05, 0) is 44.6 Å². The Morgan fingerprint density at radius 2 is 1.91 bits per heavy atom. The van der Waals surface area contributed by atoms with Gasteiger partial charge in [0, 0.05) is 25.2 Å². The number of carbonyl (C=O) groups is 1. The predicted octanol–water partition coefficient (Wildman–Crippen LogP) is 2.58. The quantitative estimate of drug-likeness (QED) is 0.772. The molecule has 1 rings (SSSR count). The molecule has 23 heavy (non-hydrogen) atoms. The van der Waals surface area contributed by atoms with Crippen molar-refractivity contribution in [2.24, 2.45) is 17.6 Å². The van der Waals surface area contributed by atoms with Crippen molar-refractivity contribution in [2.75, 3.05) is 6.54 Å². The molecule has 0 aliphatic rings. The van der Waals surface area contributed by atoms with Gasteiger partial charge >= 0.3 is 0 Å². The molecule has 0 aliphatic heterocycles. The van der Waals surface area contributed by atoms with Crippen molar-refractivity contribution < 1.29 is 4.79 Å². The molecule has 0 bridgehead atoms. The molecule has 0 aliphatic carbocycles. The fraction of sp³-hybridized carbons (Fsp3) is 0.778. The lowest BCUT2D eigenvalue weighted by molar-refractivity contribution is -0.123. The second-order valence-electron chi connectivity index (χ2n) is 7.55. The second kappa shape index (κ2) is 7.95. The molecule has 132 valence electrons. The van der Waals surface area contributed by atoms with Crippen LogP contribution in [0.4, 0.5) is 0 Å². The lowest BCUT2D eigenvalue weighted by Crippen LogP contribution is -2.55. The molecule has 1 heterocycles. The summed E-state index contributed by atoms with van der Waals surface area (Å²) in [5.74, 6) is 0.913. The molecule has 0 saturated heterocycles. The second-order valence-corrected chi connectivity index (χ2v) is 7.55. The highest BCUT2D eigenvalue weighted by molar-refractivity contribution is 5.77. The summed E-state index contributed by atoms with van der Waals surface area (Å²) in [6, 6.07) is 0. The van der Waals surface area contributed by atoms with Crippen LogP contribution < -0.4 is 11.1 Å². The summed E-state index contributed by atoms with van der Waals surface area (Å²) in [5, 5.41) is 7.71. The Balaban J connectivity index is 2.72. The van der Waals surface area contributed by atoms with Crippen molar-refractivity contribution in [3.05, 3.63) is 17.0 Å². The van der Waals surface area contributed by atoms with E-state index in [0.717, 1.165) is 18.7 Å². The summed E-state index contributed by atoms with van der Waals surface area (Å²) >= 11 is 0. The number of nitrogens with two attached hydrogens (primary N) is 1. The van der Waals surface area contributed by atoms with Crippen LogP contribution in [0.2, 0.25) is 0 Å². The van der Waals surface area contributed by atoms with Gasteiger partial charge in [-0.1, -0.05) is 27.7 Å². The number of aromatic nitrogens is 2. The van der Waals surface area contributed by atoms with Gasteiger partial charge in [0.25, 0.3) is 0 Å². The number of nitrogens with one attached hydrogen (secondary N) is 1. The fourth-order valence-electron chi connectivity index (χ4n) is 2.67. The number of rotatable bonds is 8. The first kappa shape index (κ1) is 19.7. The predicted molar refractivity (Wildman–Crippen MR) is 95.3 cm³/mol. The van der Waals surface area contributed by atoms with Gasteiger partial charge < -0.3 is 11.1 Å². The van der Waals surface area contributed by atoms with E-state index in [1.54, 1.807) is 0 Å². The summed E-state index contributed by atoms with van der Waals surface area (Å²) < 4.78 is 2.06. The molecular formula is C18H34N4O. The molecule has 5 nitrogen and oxygen atoms in total. The molecular weight excluding hydrogens is 288 g/mol. The van der Waals surface area contributed by atoms with Gasteiger partial charge in [-0.2, -0.15) is 5.10 Å². The third kappa shape index (κ3) is 5.06. The minimum atomic E-state index is -0.344. The maximum atomic E-state index is 12.3. The summed E-state index contributed by atoms with van der Waals surface area (Å²) in [6.45, 7) is 16.0. The Morgan fingerprint density at radius 1 is 1.30 bits per heavy atom. The largest absolute Gasteiger partial charge is 0.349 e. The third-order valence-corrected chi connectivity index (χ3v) is 4.79. The van der Waals surface area contributed by atoms with E-state index < -0.39 is 0 Å². The van der Waals surface area contributed by atoms with Gasteiger partial charge in [-0.15, -0.1) is 0 Å². The zero-order valence-electron chi connectivity index (χ0n) is 15.9. The Bertz CT molecular complexity index is 533. The number of nitrogens with zero attached hydrogens (tertiary/aromatic N) is 2. The van der Waals surface area contributed by atoms with Crippen LogP contribution in [0.3, 0.4) is 0 Å². The number of aryl methyl sites for hydroxylation is 1. The Hall–Kier alpha value is -1.36. The first-order valence-corrected chi connectivity index (χ1v) is 8.64. The van der Waals surface area contributed by atoms with Gasteiger partial charge in [0.2, 0.25) is 5.91 Å². The van der Waals surface area contributed by atoms with E-state index in [9.17, 15) is 4.79 Å². The molecule has 0 saturated carbocycles. The van der Waals surface area contributed by atoms with Gasteiger partial charge in [0.05, 0.1) is 11.2 Å². The normalized spacial score (nSPS) is 14.3. The average molecular weight is 322 g/mol. The molecule has 1 aromatic rings. The molecule has 1 unspecified atom stereocenters. The van der Waals surface area contributed by atoms with Crippen LogP contribution in [0.15, 0.2) is 0 Å². The summed E-state index contributed by atoms with van der Waals surface area (Å²) in [6.07, 6.45) is 1.19. The lowest BCUT2D eigenvalue weighted by Gasteiger charge is -2.33. The van der Waals surface area contributed by atoms with Crippen molar-refractivity contribution in [3.8, 4) is 0 Å². The zero-order valence-corrected chi connectivity index (χ0v) is 15.9. The average Bonchev–Trinajstić information content (AvgIpc) is 2.70. The van der Waals surface area contributed by atoms with Crippen LogP contribution in [0.25, 0.3) is 0 Å². The molecule has 0 fully saturated rings. The molecule has 1 aromatic heterocycles. The smallest absolute Gasteiger partial charge is 0.220 e. The van der Waals surface area contributed by atoms with E-state index in [1.165, 1.54) is 11.3 Å². The Labute approximate surface area is 141 Å². The van der Waals surface area contributed by atoms with Gasteiger partial charge in [-0.3, -0.25) is 9.48 Å². The van der Waals surface area contributed by atoms with Crippen LogP contribution in [-0.4, -0.2) is 27.8 Å². The molecule has 0 radical (unpaired) electrons. The fourth-order valence-corrected chi connectivity index (χ4v) is 2.67. The number of hydrogen-bond donors (Lipinski definition) is 2. The minimum absolute atomic E-state index is 0.0575. The molecule has 3 N–H and O–H groups in total. The van der Waals surface area contributed by atoms with Crippen molar-refractivity contribution >= 4 is 5.91 Å². The van der Waals surface area contributed by atoms with Gasteiger partial charge in [-0.25, -0.2) is 0 Å². The van der Waals surface area contributed by atoms with Crippen LogP contribution in [0, 0.1) is 25.7 Å². The van der Waals surface area contributed by atoms with E-state index in [2.05, 4.69) is 49.7 Å². The lowest BCUT2D eigenvalue weighted by atomic mass is 9.88. The zero-order chi connectivity index (χ0) is 17.8. The van der Waals surface area contributed by atoms with E-state index in [0.29, 0.717) is 24.8 Å². The highest BCUT2D eigenvalue weighted by Crippen LogP contribution is 2.18. The van der Waals surface area contributed by atoms with E-state index in [-0.39, 0.29) is 11.4 Å². The summed E-state index contributed by atoms with van der Waals surface area (Å²) in [5.41, 5.74) is 8.89. The van der Waals surface area contributed by atoms with Crippen molar-refractivity contribution in [1.82, 2.24) is 15.1 Å². The van der Waals surface area contributed by atoms with Crippen LogP contribution >= 0.6 is 0 Å². The van der Waals surface area contributed by atoms with Crippen molar-refractivity contribution in [1.29, 1.82) is 0 Å². The molecule has 5 heteroatoms. The van der Waals surface area contributed by atoms with Crippen LogP contribution in [0.1, 0.15) is 58.0 Å². The SMILES string of the molecule is Cc1nn(CC(C)C)c(C)c1CCC(=O)NC(C)(CN)C(C)C. The number of hydrogen-bond acceptors (Lipinski definition) is 3. The van der Waals surface area contributed by atoms with Gasteiger partial charge in [0.1, 0.15) is 0 Å². The summed E-state index contributed by atoms with van der Waals surface area (Å²) in [7, 11) is 0. The van der Waals surface area contributed by atoms with Crippen molar-refractivity contribution in [2.45, 2.75) is 73.4 Å². The highest BCUT2D eigenvalue weighted by Gasteiger charge is 2.28. The maximum Gasteiger partial charge on any atom is 0.220 e. The minimum Gasteiger partial charge on any atom is -0.349 e. The molecule has 0 spiro atoms. The monoisotopic (exact) mass is 322 g/mol. The van der Waals surface area contributed by atoms with Crippen molar-refractivity contribution in [3.63, 3.8) is 0 Å². The Kier molecular flexibility index (Phi) is 6.81. The highest BCUT2D eigenvalue weighted by atomic mass is 16.1. The number of carbonyl (C=O) groups excluding carboxylic acids is 1. The van der Waals surface area contributed by atoms with Crippen LogP contribution in [0.5, 0.6) is 0 Å². The first-order chi connectivity index (χ1) is 10.6. The molecule has 1 atom stereocenters. The van der Waals surface area contributed by atoms with E-state index in [4.69, 9.17) is 5.73 Å². The third-order valence-electron chi connectivity index (χ3n) is 4.79. The first-order valence-electron chi connectivity index (χ1n) is 8.64. The summed E-state index contributed by atoms with van der Waals surface area (Å²) in [4.78, 5) is 12.3.